The number of hydrogen-bond acceptors (Lipinski definition) is 5. The van der Waals surface area contributed by atoms with E-state index in [1.807, 2.05) is 11.8 Å². The zero-order chi connectivity index (χ0) is 10.7. The van der Waals surface area contributed by atoms with Crippen LogP contribution in [-0.4, -0.2) is 59.5 Å². The molecule has 82 valence electrons. The molecule has 1 unspecified atom stereocenters. The molecule has 1 rings (SSSR count). The van der Waals surface area contributed by atoms with Crippen molar-refractivity contribution >= 4 is 5.97 Å². The monoisotopic (exact) mass is 203 g/mol. The zero-order valence-electron chi connectivity index (χ0n) is 8.51. The van der Waals surface area contributed by atoms with Crippen LogP contribution in [0.5, 0.6) is 0 Å². The van der Waals surface area contributed by atoms with Crippen molar-refractivity contribution in [3.8, 4) is 0 Å². The van der Waals surface area contributed by atoms with Crippen LogP contribution in [0.1, 0.15) is 13.3 Å². The van der Waals surface area contributed by atoms with E-state index in [2.05, 4.69) is 4.74 Å². The second-order valence-corrected chi connectivity index (χ2v) is 3.72. The Kier molecular flexibility index (Phi) is 3.86. The summed E-state index contributed by atoms with van der Waals surface area (Å²) in [6.45, 7) is 2.71. The number of likely N-dealkylation sites (tertiary alicyclic amines) is 1. The summed E-state index contributed by atoms with van der Waals surface area (Å²) in [5, 5.41) is 18.6. The topological polar surface area (TPSA) is 70.0 Å². The lowest BCUT2D eigenvalue weighted by Gasteiger charge is -2.22. The Bertz CT molecular complexity index is 199. The average molecular weight is 203 g/mol. The molecule has 14 heavy (non-hydrogen) atoms. The van der Waals surface area contributed by atoms with Crippen LogP contribution in [0.2, 0.25) is 0 Å². The highest BCUT2D eigenvalue weighted by Gasteiger charge is 2.32. The van der Waals surface area contributed by atoms with Gasteiger partial charge < -0.3 is 14.9 Å². The Morgan fingerprint density at radius 1 is 1.50 bits per heavy atom. The summed E-state index contributed by atoms with van der Waals surface area (Å²) < 4.78 is 4.54. The van der Waals surface area contributed by atoms with E-state index in [1.54, 1.807) is 0 Å². The van der Waals surface area contributed by atoms with Crippen LogP contribution in [0.3, 0.4) is 0 Å². The molecule has 1 aliphatic heterocycles. The number of β-amino-alcohol motifs (C(OH)–C–C–N with tert-alkyl or cyclic N) is 2. The van der Waals surface area contributed by atoms with E-state index in [1.165, 1.54) is 7.11 Å². The van der Waals surface area contributed by atoms with Crippen molar-refractivity contribution < 1.29 is 19.7 Å². The molecule has 5 heteroatoms. The fraction of sp³-hybridized carbons (Fsp3) is 0.889. The number of carbonyl (C=O) groups excluding carboxylic acids is 1. The maximum absolute atomic E-state index is 11.0. The van der Waals surface area contributed by atoms with Gasteiger partial charge in [0.05, 0.1) is 25.7 Å². The van der Waals surface area contributed by atoms with E-state index >= 15 is 0 Å². The highest BCUT2D eigenvalue weighted by Crippen LogP contribution is 2.15. The van der Waals surface area contributed by atoms with E-state index in [4.69, 9.17) is 0 Å². The fourth-order valence-electron chi connectivity index (χ4n) is 1.61. The van der Waals surface area contributed by atoms with Gasteiger partial charge in [-0.1, -0.05) is 0 Å². The first kappa shape index (κ1) is 11.4. The largest absolute Gasteiger partial charge is 0.469 e. The lowest BCUT2D eigenvalue weighted by atomic mass is 10.2. The van der Waals surface area contributed by atoms with E-state index < -0.39 is 12.2 Å². The molecule has 1 heterocycles. The normalized spacial score (nSPS) is 30.3. The first-order chi connectivity index (χ1) is 6.54. The van der Waals surface area contributed by atoms with Crippen LogP contribution in [0, 0.1) is 0 Å². The maximum Gasteiger partial charge on any atom is 0.307 e. The van der Waals surface area contributed by atoms with E-state index in [0.717, 1.165) is 0 Å². The van der Waals surface area contributed by atoms with Crippen LogP contribution in [0.4, 0.5) is 0 Å². The molecule has 0 saturated carbocycles. The van der Waals surface area contributed by atoms with Crippen LogP contribution < -0.4 is 0 Å². The minimum absolute atomic E-state index is 0.00532. The summed E-state index contributed by atoms with van der Waals surface area (Å²) in [5.74, 6) is -0.270. The van der Waals surface area contributed by atoms with Crippen molar-refractivity contribution in [2.45, 2.75) is 31.6 Å². The molecular formula is C9H17NO4. The summed E-state index contributed by atoms with van der Waals surface area (Å²) >= 11 is 0. The van der Waals surface area contributed by atoms with Crippen LogP contribution in [0.15, 0.2) is 0 Å². The van der Waals surface area contributed by atoms with Crippen molar-refractivity contribution in [2.75, 3.05) is 20.2 Å². The number of aliphatic hydroxyl groups is 2. The Balaban J connectivity index is 2.39. The van der Waals surface area contributed by atoms with Crippen molar-refractivity contribution in [1.82, 2.24) is 4.90 Å². The quantitative estimate of drug-likeness (QED) is 0.574. The first-order valence-corrected chi connectivity index (χ1v) is 4.71. The molecular weight excluding hydrogens is 186 g/mol. The minimum atomic E-state index is -0.699. The molecule has 5 nitrogen and oxygen atoms in total. The van der Waals surface area contributed by atoms with E-state index in [0.29, 0.717) is 13.1 Å². The smallest absolute Gasteiger partial charge is 0.307 e. The summed E-state index contributed by atoms with van der Waals surface area (Å²) in [5.41, 5.74) is 0. The molecule has 0 amide bonds. The van der Waals surface area contributed by atoms with Gasteiger partial charge in [0.2, 0.25) is 0 Å². The van der Waals surface area contributed by atoms with Gasteiger partial charge in [0.15, 0.2) is 0 Å². The van der Waals surface area contributed by atoms with Gasteiger partial charge in [-0.2, -0.15) is 0 Å². The Morgan fingerprint density at radius 3 is 2.43 bits per heavy atom. The summed E-state index contributed by atoms with van der Waals surface area (Å²) in [7, 11) is 1.35. The third kappa shape index (κ3) is 2.67. The molecule has 0 spiro atoms. The third-order valence-electron chi connectivity index (χ3n) is 2.60. The van der Waals surface area contributed by atoms with Crippen LogP contribution in [-0.2, 0) is 9.53 Å². The van der Waals surface area contributed by atoms with Gasteiger partial charge in [-0.05, 0) is 6.92 Å². The van der Waals surface area contributed by atoms with E-state index in [9.17, 15) is 15.0 Å². The SMILES string of the molecule is COC(=O)CC(C)N1C[C@@H](O)[C@@H](O)C1. The van der Waals surface area contributed by atoms with Crippen LogP contribution in [0.25, 0.3) is 0 Å². The maximum atomic E-state index is 11.0. The molecule has 1 saturated heterocycles. The lowest BCUT2D eigenvalue weighted by molar-refractivity contribution is -0.141. The number of rotatable bonds is 3. The molecule has 1 fully saturated rings. The fourth-order valence-corrected chi connectivity index (χ4v) is 1.61. The molecule has 0 aliphatic carbocycles. The molecule has 2 N–H and O–H groups in total. The predicted molar refractivity (Wildman–Crippen MR) is 49.7 cm³/mol. The number of ether oxygens (including phenoxy) is 1. The second-order valence-electron chi connectivity index (χ2n) is 3.72. The van der Waals surface area contributed by atoms with Gasteiger partial charge in [-0.25, -0.2) is 0 Å². The number of esters is 1. The van der Waals surface area contributed by atoms with Gasteiger partial charge in [0.25, 0.3) is 0 Å². The van der Waals surface area contributed by atoms with Crippen molar-refractivity contribution in [2.24, 2.45) is 0 Å². The third-order valence-corrected chi connectivity index (χ3v) is 2.60. The number of methoxy groups -OCH3 is 1. The Morgan fingerprint density at radius 2 is 2.00 bits per heavy atom. The van der Waals surface area contributed by atoms with Crippen molar-refractivity contribution in [3.63, 3.8) is 0 Å². The molecule has 0 aromatic rings. The molecule has 0 bridgehead atoms. The van der Waals surface area contributed by atoms with E-state index in [-0.39, 0.29) is 18.4 Å². The second kappa shape index (κ2) is 4.72. The standard InChI is InChI=1S/C9H17NO4/c1-6(3-9(13)14-2)10-4-7(11)8(12)5-10/h6-8,11-12H,3-5H2,1-2H3/t6?,7-,8+. The first-order valence-electron chi connectivity index (χ1n) is 4.71. The number of carbonyl (C=O) groups is 1. The molecule has 0 radical (unpaired) electrons. The van der Waals surface area contributed by atoms with Gasteiger partial charge in [-0.3, -0.25) is 9.69 Å². The molecule has 0 aromatic heterocycles. The number of hydrogen-bond donors (Lipinski definition) is 2. The summed E-state index contributed by atoms with van der Waals surface area (Å²) in [4.78, 5) is 12.8. The predicted octanol–water partition coefficient (Wildman–Crippen LogP) is -1.02. The Labute approximate surface area is 83.3 Å². The summed E-state index contributed by atoms with van der Waals surface area (Å²) in [6.07, 6.45) is -1.11. The van der Waals surface area contributed by atoms with Crippen molar-refractivity contribution in [1.29, 1.82) is 0 Å². The zero-order valence-corrected chi connectivity index (χ0v) is 8.51. The summed E-state index contributed by atoms with van der Waals surface area (Å²) in [6, 6.07) is -0.00532. The van der Waals surface area contributed by atoms with Gasteiger partial charge in [0, 0.05) is 19.1 Å². The minimum Gasteiger partial charge on any atom is -0.469 e. The van der Waals surface area contributed by atoms with Gasteiger partial charge in [-0.15, -0.1) is 0 Å². The van der Waals surface area contributed by atoms with Crippen LogP contribution >= 0.6 is 0 Å². The average Bonchev–Trinajstić information content (AvgIpc) is 2.47. The number of aliphatic hydroxyl groups excluding tert-OH is 2. The highest BCUT2D eigenvalue weighted by molar-refractivity contribution is 5.69. The lowest BCUT2D eigenvalue weighted by Crippen LogP contribution is -2.34. The van der Waals surface area contributed by atoms with Gasteiger partial charge in [0.1, 0.15) is 0 Å². The van der Waals surface area contributed by atoms with Crippen molar-refractivity contribution in [3.05, 3.63) is 0 Å². The van der Waals surface area contributed by atoms with Gasteiger partial charge >= 0.3 is 5.97 Å². The Hall–Kier alpha value is -0.650. The number of nitrogens with zero attached hydrogens (tertiary/aromatic N) is 1. The molecule has 3 atom stereocenters. The molecule has 1 aliphatic rings. The molecule has 0 aromatic carbocycles. The highest BCUT2D eigenvalue weighted by atomic mass is 16.5.